The highest BCUT2D eigenvalue weighted by molar-refractivity contribution is 5.99. The lowest BCUT2D eigenvalue weighted by molar-refractivity contribution is -0.116. The minimum Gasteiger partial charge on any atom is -0.496 e. The third-order valence-corrected chi connectivity index (χ3v) is 5.78. The standard InChI is InChI=1S/C24H17F5N2O4/c1-33-14-6-5-10(16-12(8-30)24(31)35-15-4-2-3-13(32)17(15)16)7-11(14)9-34-23-21(28)19(26)18(25)20(27)22(23)29/h5-7,16H,2-4,9,31H2,1H3. The summed E-state index contributed by atoms with van der Waals surface area (Å²) in [4.78, 5) is 12.7. The van der Waals surface area contributed by atoms with Gasteiger partial charge in [0.05, 0.1) is 13.0 Å². The summed E-state index contributed by atoms with van der Waals surface area (Å²) in [6, 6.07) is 6.42. The van der Waals surface area contributed by atoms with Gasteiger partial charge < -0.3 is 19.9 Å². The number of halogens is 5. The molecule has 1 heterocycles. The molecule has 1 atom stereocenters. The number of rotatable bonds is 5. The predicted molar refractivity (Wildman–Crippen MR) is 110 cm³/mol. The number of nitrogens with zero attached hydrogens (tertiary/aromatic N) is 1. The number of hydrogen-bond acceptors (Lipinski definition) is 6. The Hall–Kier alpha value is -4.07. The highest BCUT2D eigenvalue weighted by Crippen LogP contribution is 2.44. The minimum absolute atomic E-state index is 0.00389. The van der Waals surface area contributed by atoms with E-state index in [0.717, 1.165) is 0 Å². The van der Waals surface area contributed by atoms with Crippen LogP contribution < -0.4 is 15.2 Å². The monoisotopic (exact) mass is 492 g/mol. The van der Waals surface area contributed by atoms with Crippen LogP contribution in [0.5, 0.6) is 11.5 Å². The molecule has 2 aromatic carbocycles. The molecule has 182 valence electrons. The van der Waals surface area contributed by atoms with Crippen LogP contribution in [0.4, 0.5) is 22.0 Å². The molecule has 4 rings (SSSR count). The van der Waals surface area contributed by atoms with E-state index in [1.54, 1.807) is 6.07 Å². The van der Waals surface area contributed by atoms with Crippen molar-refractivity contribution in [3.8, 4) is 17.6 Å². The lowest BCUT2D eigenvalue weighted by Crippen LogP contribution is -2.27. The Labute approximate surface area is 196 Å². The van der Waals surface area contributed by atoms with Gasteiger partial charge >= 0.3 is 0 Å². The molecule has 1 aliphatic carbocycles. The van der Waals surface area contributed by atoms with E-state index in [1.165, 1.54) is 19.2 Å². The maximum atomic E-state index is 14.0. The zero-order chi connectivity index (χ0) is 25.4. The van der Waals surface area contributed by atoms with Gasteiger partial charge in [-0.15, -0.1) is 0 Å². The summed E-state index contributed by atoms with van der Waals surface area (Å²) in [5, 5.41) is 9.69. The topological polar surface area (TPSA) is 94.6 Å². The van der Waals surface area contributed by atoms with Crippen LogP contribution >= 0.6 is 0 Å². The number of nitrogens with two attached hydrogens (primary N) is 1. The number of nitriles is 1. The number of methoxy groups -OCH3 is 1. The van der Waals surface area contributed by atoms with Gasteiger partial charge in [0.2, 0.25) is 35.0 Å². The van der Waals surface area contributed by atoms with E-state index in [2.05, 4.69) is 0 Å². The maximum absolute atomic E-state index is 14.0. The summed E-state index contributed by atoms with van der Waals surface area (Å²) < 4.78 is 84.2. The molecule has 2 aliphatic rings. The van der Waals surface area contributed by atoms with Crippen molar-refractivity contribution < 1.29 is 41.0 Å². The van der Waals surface area contributed by atoms with Crippen LogP contribution in [-0.4, -0.2) is 12.9 Å². The van der Waals surface area contributed by atoms with E-state index >= 15 is 0 Å². The number of benzene rings is 2. The molecule has 1 aliphatic heterocycles. The molecule has 0 bridgehead atoms. The van der Waals surface area contributed by atoms with Crippen molar-refractivity contribution in [2.45, 2.75) is 31.8 Å². The number of hydrogen-bond donors (Lipinski definition) is 1. The first-order valence-corrected chi connectivity index (χ1v) is 10.3. The van der Waals surface area contributed by atoms with Crippen molar-refractivity contribution >= 4 is 5.78 Å². The SMILES string of the molecule is COc1ccc(C2C(C#N)=C(N)OC3=C2C(=O)CCC3)cc1COc1c(F)c(F)c(F)c(F)c1F. The van der Waals surface area contributed by atoms with E-state index in [0.29, 0.717) is 24.2 Å². The van der Waals surface area contributed by atoms with E-state index in [9.17, 15) is 32.0 Å². The number of carbonyl (C=O) groups excluding carboxylic acids is 1. The molecule has 11 heteroatoms. The Balaban J connectivity index is 1.76. The van der Waals surface area contributed by atoms with Crippen LogP contribution in [0, 0.1) is 40.4 Å². The summed E-state index contributed by atoms with van der Waals surface area (Å²) >= 11 is 0. The fourth-order valence-corrected chi connectivity index (χ4v) is 4.14. The second-order valence-electron chi connectivity index (χ2n) is 7.80. The summed E-state index contributed by atoms with van der Waals surface area (Å²) in [5.74, 6) is -13.0. The molecule has 0 saturated carbocycles. The van der Waals surface area contributed by atoms with Gasteiger partial charge in [-0.25, -0.2) is 13.2 Å². The molecule has 0 spiro atoms. The lowest BCUT2D eigenvalue weighted by atomic mass is 9.77. The van der Waals surface area contributed by atoms with E-state index in [1.807, 2.05) is 6.07 Å². The van der Waals surface area contributed by atoms with Crippen LogP contribution in [0.1, 0.15) is 36.3 Å². The van der Waals surface area contributed by atoms with Gasteiger partial charge in [0.1, 0.15) is 29.8 Å². The highest BCUT2D eigenvalue weighted by Gasteiger charge is 2.38. The Morgan fingerprint density at radius 2 is 1.74 bits per heavy atom. The van der Waals surface area contributed by atoms with Crippen LogP contribution in [-0.2, 0) is 16.1 Å². The van der Waals surface area contributed by atoms with E-state index in [-0.39, 0.29) is 40.5 Å². The molecule has 0 fully saturated rings. The van der Waals surface area contributed by atoms with Crippen LogP contribution in [0.25, 0.3) is 0 Å². The van der Waals surface area contributed by atoms with Gasteiger partial charge in [0.25, 0.3) is 0 Å². The molecule has 35 heavy (non-hydrogen) atoms. The number of allylic oxidation sites excluding steroid dienone is 3. The first-order chi connectivity index (χ1) is 16.7. The summed E-state index contributed by atoms with van der Waals surface area (Å²) in [5.41, 5.74) is 6.75. The smallest absolute Gasteiger partial charge is 0.207 e. The number of carbonyl (C=O) groups is 1. The maximum Gasteiger partial charge on any atom is 0.207 e. The van der Waals surface area contributed by atoms with Gasteiger partial charge in [-0.3, -0.25) is 4.79 Å². The van der Waals surface area contributed by atoms with Crippen molar-refractivity contribution in [1.82, 2.24) is 0 Å². The Morgan fingerprint density at radius 1 is 1.09 bits per heavy atom. The highest BCUT2D eigenvalue weighted by atomic mass is 19.2. The van der Waals surface area contributed by atoms with Crippen molar-refractivity contribution in [3.05, 3.63) is 81.2 Å². The molecule has 1 unspecified atom stereocenters. The van der Waals surface area contributed by atoms with Crippen molar-refractivity contribution in [2.75, 3.05) is 7.11 Å². The lowest BCUT2D eigenvalue weighted by Gasteiger charge is -2.31. The van der Waals surface area contributed by atoms with E-state index < -0.39 is 47.4 Å². The third kappa shape index (κ3) is 4.05. The van der Waals surface area contributed by atoms with Gasteiger partial charge in [-0.2, -0.15) is 14.0 Å². The van der Waals surface area contributed by atoms with Crippen molar-refractivity contribution in [2.24, 2.45) is 5.73 Å². The normalized spacial score (nSPS) is 17.6. The zero-order valence-electron chi connectivity index (χ0n) is 18.2. The molecule has 0 amide bonds. The first-order valence-electron chi connectivity index (χ1n) is 10.3. The van der Waals surface area contributed by atoms with Gasteiger partial charge in [0, 0.05) is 24.0 Å². The fourth-order valence-electron chi connectivity index (χ4n) is 4.14. The summed E-state index contributed by atoms with van der Waals surface area (Å²) in [7, 11) is 1.30. The quantitative estimate of drug-likeness (QED) is 0.367. The second kappa shape index (κ2) is 9.29. The number of ketones is 1. The average molecular weight is 492 g/mol. The van der Waals surface area contributed by atoms with Crippen molar-refractivity contribution in [3.63, 3.8) is 0 Å². The zero-order valence-corrected chi connectivity index (χ0v) is 18.2. The number of Topliss-reactive ketones (excluding diaryl/α,β-unsaturated/α-hetero) is 1. The molecule has 2 N–H and O–H groups in total. The molecule has 0 aromatic heterocycles. The Kier molecular flexibility index (Phi) is 6.39. The molecule has 0 saturated heterocycles. The molecule has 6 nitrogen and oxygen atoms in total. The third-order valence-electron chi connectivity index (χ3n) is 5.78. The van der Waals surface area contributed by atoms with Crippen LogP contribution in [0.3, 0.4) is 0 Å². The molecular formula is C24H17F5N2O4. The first kappa shape index (κ1) is 24.1. The second-order valence-corrected chi connectivity index (χ2v) is 7.80. The average Bonchev–Trinajstić information content (AvgIpc) is 2.85. The molecular weight excluding hydrogens is 475 g/mol. The van der Waals surface area contributed by atoms with Gasteiger partial charge in [-0.05, 0) is 24.1 Å². The Morgan fingerprint density at radius 3 is 2.37 bits per heavy atom. The summed E-state index contributed by atoms with van der Waals surface area (Å²) in [6.07, 6.45) is 1.26. The summed E-state index contributed by atoms with van der Waals surface area (Å²) in [6.45, 7) is -0.653. The largest absolute Gasteiger partial charge is 0.496 e. The molecule has 0 radical (unpaired) electrons. The molecule has 2 aromatic rings. The van der Waals surface area contributed by atoms with Gasteiger partial charge in [0.15, 0.2) is 11.5 Å². The van der Waals surface area contributed by atoms with Crippen molar-refractivity contribution in [1.29, 1.82) is 5.26 Å². The van der Waals surface area contributed by atoms with Crippen LogP contribution in [0.15, 0.2) is 41.0 Å². The fraction of sp³-hybridized carbons (Fsp3) is 0.250. The minimum atomic E-state index is -2.30. The predicted octanol–water partition coefficient (Wildman–Crippen LogP) is 4.78. The van der Waals surface area contributed by atoms with Crippen LogP contribution in [0.2, 0.25) is 0 Å². The number of ether oxygens (including phenoxy) is 3. The van der Waals surface area contributed by atoms with E-state index in [4.69, 9.17) is 19.9 Å². The van der Waals surface area contributed by atoms with Gasteiger partial charge in [-0.1, -0.05) is 6.07 Å². The Bertz CT molecular complexity index is 1320.